The molecule has 3 aromatic rings. The Hall–Kier alpha value is -3.20. The van der Waals surface area contributed by atoms with Gasteiger partial charge in [-0.2, -0.15) is 0 Å². The molecule has 0 unspecified atom stereocenters. The summed E-state index contributed by atoms with van der Waals surface area (Å²) < 4.78 is 0. The second-order valence-electron chi connectivity index (χ2n) is 5.09. The number of carbonyl (C=O) groups excluding carboxylic acids is 2. The number of carbonyl (C=O) groups is 2. The van der Waals surface area contributed by atoms with Crippen molar-refractivity contribution < 1.29 is 9.59 Å². The largest absolute Gasteiger partial charge is 0.311 e. The molecule has 0 aliphatic rings. The van der Waals surface area contributed by atoms with Crippen molar-refractivity contribution in [3.05, 3.63) is 90.0 Å². The van der Waals surface area contributed by atoms with Crippen LogP contribution in [0.15, 0.2) is 78.9 Å². The van der Waals surface area contributed by atoms with E-state index < -0.39 is 0 Å². The quantitative estimate of drug-likeness (QED) is 0.636. The number of aldehydes is 2. The molecule has 0 bridgehead atoms. The van der Waals surface area contributed by atoms with E-state index in [2.05, 4.69) is 4.90 Å². The molecule has 0 radical (unpaired) electrons. The van der Waals surface area contributed by atoms with Gasteiger partial charge in [0.15, 0.2) is 0 Å². The lowest BCUT2D eigenvalue weighted by Gasteiger charge is -2.25. The van der Waals surface area contributed by atoms with Crippen LogP contribution in [0.5, 0.6) is 0 Å². The minimum Gasteiger partial charge on any atom is -0.311 e. The molecule has 0 saturated heterocycles. The van der Waals surface area contributed by atoms with Gasteiger partial charge in [0.2, 0.25) is 0 Å². The normalized spacial score (nSPS) is 10.1. The number of anilines is 3. The predicted octanol–water partition coefficient (Wildman–Crippen LogP) is 4.78. The van der Waals surface area contributed by atoms with Gasteiger partial charge in [0, 0.05) is 28.2 Å². The second kappa shape index (κ2) is 6.71. The number of benzene rings is 3. The molecule has 3 heteroatoms. The van der Waals surface area contributed by atoms with Crippen LogP contribution in [0.3, 0.4) is 0 Å². The van der Waals surface area contributed by atoms with Crippen molar-refractivity contribution in [2.24, 2.45) is 0 Å². The van der Waals surface area contributed by atoms with E-state index in [1.165, 1.54) is 0 Å². The van der Waals surface area contributed by atoms with E-state index >= 15 is 0 Å². The first kappa shape index (κ1) is 14.7. The first-order chi connectivity index (χ1) is 11.3. The van der Waals surface area contributed by atoms with Gasteiger partial charge in [-0.05, 0) is 60.7 Å². The first-order valence-corrected chi connectivity index (χ1v) is 7.27. The number of nitrogens with zero attached hydrogens (tertiary/aromatic N) is 1. The highest BCUT2D eigenvalue weighted by Gasteiger charge is 2.11. The van der Waals surface area contributed by atoms with Crippen LogP contribution in [-0.2, 0) is 0 Å². The summed E-state index contributed by atoms with van der Waals surface area (Å²) in [6, 6.07) is 24.7. The van der Waals surface area contributed by atoms with E-state index in [9.17, 15) is 9.59 Å². The highest BCUT2D eigenvalue weighted by atomic mass is 16.1. The molecule has 0 atom stereocenters. The van der Waals surface area contributed by atoms with E-state index in [4.69, 9.17) is 0 Å². The Morgan fingerprint density at radius 3 is 1.30 bits per heavy atom. The Kier molecular flexibility index (Phi) is 4.29. The highest BCUT2D eigenvalue weighted by molar-refractivity contribution is 5.82. The molecule has 3 aromatic carbocycles. The fourth-order valence-corrected chi connectivity index (χ4v) is 2.43. The zero-order valence-electron chi connectivity index (χ0n) is 12.4. The topological polar surface area (TPSA) is 37.4 Å². The van der Waals surface area contributed by atoms with Crippen LogP contribution in [-0.4, -0.2) is 12.6 Å². The van der Waals surface area contributed by atoms with E-state index in [1.54, 1.807) is 24.3 Å². The zero-order valence-corrected chi connectivity index (χ0v) is 12.4. The maximum Gasteiger partial charge on any atom is 0.150 e. The van der Waals surface area contributed by atoms with Crippen molar-refractivity contribution in [2.75, 3.05) is 4.90 Å². The molecule has 3 rings (SSSR count). The third-order valence-electron chi connectivity index (χ3n) is 3.59. The summed E-state index contributed by atoms with van der Waals surface area (Å²) in [5.41, 5.74) is 4.17. The van der Waals surface area contributed by atoms with Crippen LogP contribution >= 0.6 is 0 Å². The molecule has 0 amide bonds. The Labute approximate surface area is 134 Å². The van der Waals surface area contributed by atoms with Gasteiger partial charge >= 0.3 is 0 Å². The van der Waals surface area contributed by atoms with Gasteiger partial charge in [0.05, 0.1) is 0 Å². The molecular weight excluding hydrogens is 286 g/mol. The molecule has 0 fully saturated rings. The van der Waals surface area contributed by atoms with Crippen molar-refractivity contribution >= 4 is 29.6 Å². The van der Waals surface area contributed by atoms with E-state index in [0.717, 1.165) is 29.6 Å². The van der Waals surface area contributed by atoms with Gasteiger partial charge in [-0.1, -0.05) is 18.2 Å². The summed E-state index contributed by atoms with van der Waals surface area (Å²) in [6.45, 7) is 0. The Morgan fingerprint density at radius 2 is 0.913 bits per heavy atom. The second-order valence-corrected chi connectivity index (χ2v) is 5.09. The molecule has 0 aromatic heterocycles. The van der Waals surface area contributed by atoms with Crippen molar-refractivity contribution in [2.45, 2.75) is 0 Å². The minimum atomic E-state index is 0.637. The first-order valence-electron chi connectivity index (χ1n) is 7.27. The maximum atomic E-state index is 10.9. The van der Waals surface area contributed by atoms with Crippen molar-refractivity contribution in [1.82, 2.24) is 0 Å². The van der Waals surface area contributed by atoms with Crippen molar-refractivity contribution in [3.63, 3.8) is 0 Å². The molecule has 0 saturated carbocycles. The van der Waals surface area contributed by atoms with Crippen molar-refractivity contribution in [3.8, 4) is 0 Å². The van der Waals surface area contributed by atoms with Crippen LogP contribution in [0.4, 0.5) is 17.1 Å². The molecule has 23 heavy (non-hydrogen) atoms. The average Bonchev–Trinajstić information content (AvgIpc) is 2.64. The smallest absolute Gasteiger partial charge is 0.150 e. The number of hydrogen-bond donors (Lipinski definition) is 0. The van der Waals surface area contributed by atoms with Crippen LogP contribution in [0, 0.1) is 0 Å². The molecule has 0 aliphatic heterocycles. The molecular formula is C20H15NO2. The third-order valence-corrected chi connectivity index (χ3v) is 3.59. The van der Waals surface area contributed by atoms with Gasteiger partial charge in [-0.3, -0.25) is 9.59 Å². The van der Waals surface area contributed by atoms with Gasteiger partial charge in [0.25, 0.3) is 0 Å². The number of para-hydroxylation sites is 1. The summed E-state index contributed by atoms with van der Waals surface area (Å²) in [5, 5.41) is 0. The fraction of sp³-hybridized carbons (Fsp3) is 0. The van der Waals surface area contributed by atoms with Crippen LogP contribution < -0.4 is 4.90 Å². The summed E-state index contributed by atoms with van der Waals surface area (Å²) >= 11 is 0. The van der Waals surface area contributed by atoms with E-state index in [1.807, 2.05) is 54.6 Å². The van der Waals surface area contributed by atoms with E-state index in [-0.39, 0.29) is 0 Å². The molecule has 0 spiro atoms. The van der Waals surface area contributed by atoms with Crippen LogP contribution in [0.2, 0.25) is 0 Å². The lowest BCUT2D eigenvalue weighted by molar-refractivity contribution is 0.111. The Balaban J connectivity index is 2.08. The monoisotopic (exact) mass is 301 g/mol. The summed E-state index contributed by atoms with van der Waals surface area (Å²) in [5.74, 6) is 0. The molecule has 0 heterocycles. The lowest BCUT2D eigenvalue weighted by atomic mass is 10.1. The third kappa shape index (κ3) is 3.19. The van der Waals surface area contributed by atoms with Crippen molar-refractivity contribution in [1.29, 1.82) is 0 Å². The average molecular weight is 301 g/mol. The lowest BCUT2D eigenvalue weighted by Crippen LogP contribution is -2.09. The molecule has 112 valence electrons. The Morgan fingerprint density at radius 1 is 0.522 bits per heavy atom. The minimum absolute atomic E-state index is 0.637. The molecule has 3 nitrogen and oxygen atoms in total. The van der Waals surface area contributed by atoms with Crippen LogP contribution in [0.25, 0.3) is 0 Å². The maximum absolute atomic E-state index is 10.9. The standard InChI is InChI=1S/C20H15NO2/c22-14-16-6-10-19(11-7-16)21(18-4-2-1-3-5-18)20-12-8-17(15-23)9-13-20/h1-15H. The number of rotatable bonds is 5. The summed E-state index contributed by atoms with van der Waals surface area (Å²) in [6.07, 6.45) is 1.66. The molecule has 0 aliphatic carbocycles. The van der Waals surface area contributed by atoms with Gasteiger partial charge in [-0.25, -0.2) is 0 Å². The predicted molar refractivity (Wildman–Crippen MR) is 91.9 cm³/mol. The van der Waals surface area contributed by atoms with Gasteiger partial charge in [-0.15, -0.1) is 0 Å². The van der Waals surface area contributed by atoms with E-state index in [0.29, 0.717) is 11.1 Å². The van der Waals surface area contributed by atoms with Crippen LogP contribution in [0.1, 0.15) is 20.7 Å². The Bertz CT molecular complexity index is 742. The summed E-state index contributed by atoms with van der Waals surface area (Å²) in [4.78, 5) is 23.8. The molecule has 0 N–H and O–H groups in total. The van der Waals surface area contributed by atoms with Gasteiger partial charge < -0.3 is 4.90 Å². The highest BCUT2D eigenvalue weighted by Crippen LogP contribution is 2.34. The SMILES string of the molecule is O=Cc1ccc(N(c2ccccc2)c2ccc(C=O)cc2)cc1. The fourth-order valence-electron chi connectivity index (χ4n) is 2.43. The summed E-state index contributed by atoms with van der Waals surface area (Å²) in [7, 11) is 0. The zero-order chi connectivity index (χ0) is 16.1. The number of hydrogen-bond acceptors (Lipinski definition) is 3. The van der Waals surface area contributed by atoms with Gasteiger partial charge in [0.1, 0.15) is 12.6 Å².